The Hall–Kier alpha value is -4.82. The fourth-order valence-electron chi connectivity index (χ4n) is 4.49. The summed E-state index contributed by atoms with van der Waals surface area (Å²) >= 11 is 1.54. The quantitative estimate of drug-likeness (QED) is 0.284. The molecule has 0 spiro atoms. The van der Waals surface area contributed by atoms with Crippen LogP contribution in [0.3, 0.4) is 0 Å². The number of hydrogen-bond donors (Lipinski definition) is 2. The molecule has 0 unspecified atom stereocenters. The van der Waals surface area contributed by atoms with Gasteiger partial charge in [0.2, 0.25) is 5.95 Å². The molecule has 38 heavy (non-hydrogen) atoms. The number of nitrogens with one attached hydrogen (secondary N) is 2. The summed E-state index contributed by atoms with van der Waals surface area (Å²) < 4.78 is 1.48. The number of aromatic nitrogens is 4. The van der Waals surface area contributed by atoms with E-state index in [4.69, 9.17) is 5.10 Å². The van der Waals surface area contributed by atoms with E-state index < -0.39 is 0 Å². The molecule has 0 aliphatic rings. The van der Waals surface area contributed by atoms with Crippen LogP contribution >= 0.6 is 11.3 Å². The lowest BCUT2D eigenvalue weighted by Gasteiger charge is -2.11. The number of anilines is 1. The van der Waals surface area contributed by atoms with E-state index in [0.29, 0.717) is 34.8 Å². The van der Waals surface area contributed by atoms with Gasteiger partial charge in [-0.3, -0.25) is 14.6 Å². The minimum atomic E-state index is -0.277. The molecule has 0 saturated heterocycles. The zero-order valence-corrected chi connectivity index (χ0v) is 21.3. The van der Waals surface area contributed by atoms with Gasteiger partial charge < -0.3 is 5.32 Å². The molecule has 8 heteroatoms. The Labute approximate surface area is 222 Å². The molecule has 0 aliphatic carbocycles. The largest absolute Gasteiger partial charge is 0.306 e. The second-order valence-electron chi connectivity index (χ2n) is 8.90. The van der Waals surface area contributed by atoms with Gasteiger partial charge in [-0.15, -0.1) is 11.3 Å². The number of amides is 1. The van der Waals surface area contributed by atoms with E-state index in [-0.39, 0.29) is 17.4 Å². The SMILES string of the molecule is Cc1nc(-n2nc(-c3cccs3)cc2NC(=O)c2cccc3ccccc23)[nH]c(=O)c1Cc1ccccc1. The van der Waals surface area contributed by atoms with Gasteiger partial charge in [0.05, 0.1) is 10.6 Å². The maximum Gasteiger partial charge on any atom is 0.257 e. The third-order valence-electron chi connectivity index (χ3n) is 6.39. The molecule has 3 aromatic heterocycles. The van der Waals surface area contributed by atoms with E-state index in [1.54, 1.807) is 12.1 Å². The number of fused-ring (bicyclic) bond motifs is 1. The summed E-state index contributed by atoms with van der Waals surface area (Å²) in [6, 6.07) is 28.9. The third kappa shape index (κ3) is 4.53. The highest BCUT2D eigenvalue weighted by atomic mass is 32.1. The summed E-state index contributed by atoms with van der Waals surface area (Å²) in [5.41, 5.74) is 3.19. The lowest BCUT2D eigenvalue weighted by molar-refractivity contribution is 0.102. The van der Waals surface area contributed by atoms with Crippen LogP contribution in [-0.4, -0.2) is 25.7 Å². The monoisotopic (exact) mass is 517 g/mol. The van der Waals surface area contributed by atoms with E-state index >= 15 is 0 Å². The van der Waals surface area contributed by atoms with Gasteiger partial charge in [-0.1, -0.05) is 72.8 Å². The van der Waals surface area contributed by atoms with E-state index in [2.05, 4.69) is 15.3 Å². The van der Waals surface area contributed by atoms with Gasteiger partial charge in [0.25, 0.3) is 11.5 Å². The van der Waals surface area contributed by atoms with Gasteiger partial charge in [-0.05, 0) is 40.8 Å². The van der Waals surface area contributed by atoms with Crippen molar-refractivity contribution >= 4 is 33.8 Å². The van der Waals surface area contributed by atoms with Crippen LogP contribution in [0.2, 0.25) is 0 Å². The van der Waals surface area contributed by atoms with Crippen molar-refractivity contribution < 1.29 is 4.79 Å². The van der Waals surface area contributed by atoms with Gasteiger partial charge >= 0.3 is 0 Å². The number of carbonyl (C=O) groups excluding carboxylic acids is 1. The Morgan fingerprint density at radius 3 is 2.55 bits per heavy atom. The molecule has 0 radical (unpaired) electrons. The van der Waals surface area contributed by atoms with Crippen LogP contribution in [0, 0.1) is 6.92 Å². The van der Waals surface area contributed by atoms with Crippen LogP contribution in [0.25, 0.3) is 27.3 Å². The summed E-state index contributed by atoms with van der Waals surface area (Å²) in [4.78, 5) is 35.1. The molecule has 3 aromatic carbocycles. The van der Waals surface area contributed by atoms with Gasteiger partial charge in [0.15, 0.2) is 0 Å². The second kappa shape index (κ2) is 9.91. The zero-order valence-electron chi connectivity index (χ0n) is 20.5. The molecule has 6 rings (SSSR count). The molecular weight excluding hydrogens is 494 g/mol. The van der Waals surface area contributed by atoms with Crippen LogP contribution in [0.4, 0.5) is 5.82 Å². The van der Waals surface area contributed by atoms with Crippen LogP contribution in [0.1, 0.15) is 27.2 Å². The summed E-state index contributed by atoms with van der Waals surface area (Å²) in [7, 11) is 0. The average Bonchev–Trinajstić information content (AvgIpc) is 3.61. The molecule has 3 heterocycles. The average molecular weight is 518 g/mol. The van der Waals surface area contributed by atoms with Crippen molar-refractivity contribution in [2.24, 2.45) is 0 Å². The zero-order chi connectivity index (χ0) is 26.1. The summed E-state index contributed by atoms with van der Waals surface area (Å²) in [5, 5.41) is 11.5. The fourth-order valence-corrected chi connectivity index (χ4v) is 5.17. The first kappa shape index (κ1) is 23.6. The minimum absolute atomic E-state index is 0.236. The van der Waals surface area contributed by atoms with E-state index in [1.807, 2.05) is 91.2 Å². The Kier molecular flexibility index (Phi) is 6.15. The first-order valence-corrected chi connectivity index (χ1v) is 13.0. The summed E-state index contributed by atoms with van der Waals surface area (Å²) in [6.45, 7) is 1.81. The Morgan fingerprint density at radius 1 is 0.974 bits per heavy atom. The predicted octanol–water partition coefficient (Wildman–Crippen LogP) is 5.99. The molecule has 6 aromatic rings. The maximum atomic E-state index is 13.5. The van der Waals surface area contributed by atoms with E-state index in [0.717, 1.165) is 21.2 Å². The topological polar surface area (TPSA) is 92.7 Å². The highest BCUT2D eigenvalue weighted by Gasteiger charge is 2.19. The van der Waals surface area contributed by atoms with Gasteiger partial charge in [0, 0.05) is 23.6 Å². The lowest BCUT2D eigenvalue weighted by Crippen LogP contribution is -2.22. The number of carbonyl (C=O) groups is 1. The normalized spacial score (nSPS) is 11.1. The minimum Gasteiger partial charge on any atom is -0.306 e. The molecule has 0 bridgehead atoms. The molecule has 0 fully saturated rings. The standard InChI is InChI=1S/C30H23N5O2S/c1-19-24(17-20-9-3-2-4-10-20)29(37)33-30(31-19)35-27(18-25(34-35)26-15-8-16-38-26)32-28(36)23-14-7-12-21-11-5-6-13-22(21)23/h2-16,18H,17H2,1H3,(H,32,36)(H,31,33,37). The van der Waals surface area contributed by atoms with Crippen molar-refractivity contribution in [1.82, 2.24) is 19.7 Å². The van der Waals surface area contributed by atoms with Crippen LogP contribution in [-0.2, 0) is 6.42 Å². The van der Waals surface area contributed by atoms with Crippen molar-refractivity contribution in [3.8, 4) is 16.5 Å². The van der Waals surface area contributed by atoms with E-state index in [1.165, 1.54) is 16.0 Å². The van der Waals surface area contributed by atoms with Crippen LogP contribution in [0.15, 0.2) is 101 Å². The van der Waals surface area contributed by atoms with Crippen molar-refractivity contribution in [2.45, 2.75) is 13.3 Å². The van der Waals surface area contributed by atoms with Crippen molar-refractivity contribution in [3.63, 3.8) is 0 Å². The van der Waals surface area contributed by atoms with Gasteiger partial charge in [-0.2, -0.15) is 9.78 Å². The highest BCUT2D eigenvalue weighted by molar-refractivity contribution is 7.13. The molecule has 7 nitrogen and oxygen atoms in total. The molecule has 186 valence electrons. The third-order valence-corrected chi connectivity index (χ3v) is 7.29. The van der Waals surface area contributed by atoms with Gasteiger partial charge in [-0.25, -0.2) is 4.98 Å². The van der Waals surface area contributed by atoms with Crippen LogP contribution in [0.5, 0.6) is 0 Å². The number of nitrogens with zero attached hydrogens (tertiary/aromatic N) is 3. The molecule has 1 amide bonds. The number of rotatable bonds is 6. The number of benzene rings is 3. The van der Waals surface area contributed by atoms with Crippen molar-refractivity contribution in [2.75, 3.05) is 5.32 Å². The molecule has 2 N–H and O–H groups in total. The molecule has 0 atom stereocenters. The Bertz CT molecular complexity index is 1820. The first-order valence-electron chi connectivity index (χ1n) is 12.1. The Balaban J connectivity index is 1.41. The van der Waals surface area contributed by atoms with Gasteiger partial charge in [0.1, 0.15) is 11.5 Å². The predicted molar refractivity (Wildman–Crippen MR) is 151 cm³/mol. The number of thiophene rings is 1. The number of aromatic amines is 1. The smallest absolute Gasteiger partial charge is 0.257 e. The van der Waals surface area contributed by atoms with Crippen LogP contribution < -0.4 is 10.9 Å². The molecule has 0 aliphatic heterocycles. The summed E-state index contributed by atoms with van der Waals surface area (Å²) in [5.74, 6) is 0.366. The van der Waals surface area contributed by atoms with Crippen molar-refractivity contribution in [3.05, 3.63) is 129 Å². The van der Waals surface area contributed by atoms with Crippen molar-refractivity contribution in [1.29, 1.82) is 0 Å². The number of H-pyrrole nitrogens is 1. The number of aryl methyl sites for hydroxylation is 1. The summed E-state index contributed by atoms with van der Waals surface area (Å²) in [6.07, 6.45) is 0.472. The second-order valence-corrected chi connectivity index (χ2v) is 9.85. The highest BCUT2D eigenvalue weighted by Crippen LogP contribution is 2.28. The maximum absolute atomic E-state index is 13.5. The molecule has 0 saturated carbocycles. The molecular formula is C30H23N5O2S. The number of hydrogen-bond acceptors (Lipinski definition) is 5. The lowest BCUT2D eigenvalue weighted by atomic mass is 10.0. The Morgan fingerprint density at radius 2 is 1.76 bits per heavy atom. The first-order chi connectivity index (χ1) is 18.6. The van der Waals surface area contributed by atoms with E-state index in [9.17, 15) is 9.59 Å². The fraction of sp³-hybridized carbons (Fsp3) is 0.0667.